The fourth-order valence-corrected chi connectivity index (χ4v) is 2.69. The largest absolute Gasteiger partial charge is 0.416 e. The maximum absolute atomic E-state index is 12.4. The molecule has 0 bridgehead atoms. The topological polar surface area (TPSA) is 33.5 Å². The predicted molar refractivity (Wildman–Crippen MR) is 79.9 cm³/mol. The van der Waals surface area contributed by atoms with Crippen LogP contribution in [0.1, 0.15) is 11.1 Å². The smallest absolute Gasteiger partial charge is 0.326 e. The maximum Gasteiger partial charge on any atom is 0.416 e. The Balaban J connectivity index is 1.86. The number of alkyl halides is 3. The highest BCUT2D eigenvalue weighted by Gasteiger charge is 2.30. The van der Waals surface area contributed by atoms with E-state index in [1.165, 1.54) is 12.1 Å². The molecule has 0 aliphatic carbocycles. The van der Waals surface area contributed by atoms with Gasteiger partial charge in [-0.2, -0.15) is 24.5 Å². The first-order valence-corrected chi connectivity index (χ1v) is 7.58. The Labute approximate surface area is 130 Å². The second-order valence-electron chi connectivity index (χ2n) is 5.07. The van der Waals surface area contributed by atoms with Crippen LogP contribution in [0, 0.1) is 0 Å². The van der Waals surface area contributed by atoms with Gasteiger partial charge >= 0.3 is 6.18 Å². The van der Waals surface area contributed by atoms with E-state index in [-0.39, 0.29) is 12.5 Å². The van der Waals surface area contributed by atoms with Gasteiger partial charge in [0, 0.05) is 11.3 Å². The van der Waals surface area contributed by atoms with Gasteiger partial charge in [0.25, 0.3) is 5.91 Å². The van der Waals surface area contributed by atoms with Gasteiger partial charge in [-0.1, -0.05) is 0 Å². The summed E-state index contributed by atoms with van der Waals surface area (Å²) >= 11 is 1.60. The van der Waals surface area contributed by atoms with Crippen LogP contribution in [0.4, 0.5) is 18.9 Å². The second-order valence-corrected chi connectivity index (χ2v) is 5.85. The zero-order chi connectivity index (χ0) is 16.2. The van der Waals surface area contributed by atoms with Crippen LogP contribution >= 0.6 is 11.3 Å². The maximum atomic E-state index is 12.4. The van der Waals surface area contributed by atoms with Crippen LogP contribution in [0.2, 0.25) is 0 Å². The molecule has 1 unspecified atom stereocenters. The van der Waals surface area contributed by atoms with Gasteiger partial charge in [0.1, 0.15) is 6.54 Å². The van der Waals surface area contributed by atoms with Gasteiger partial charge in [-0.25, -0.2) is 0 Å². The van der Waals surface area contributed by atoms with Gasteiger partial charge in [0.15, 0.2) is 6.54 Å². The first-order chi connectivity index (χ1) is 10.3. The van der Waals surface area contributed by atoms with E-state index in [9.17, 15) is 18.0 Å². The average molecular weight is 329 g/mol. The molecule has 2 N–H and O–H groups in total. The van der Waals surface area contributed by atoms with Crippen LogP contribution in [0.3, 0.4) is 0 Å². The molecule has 1 atom stereocenters. The third-order valence-corrected chi connectivity index (χ3v) is 3.78. The Kier molecular flexibility index (Phi) is 5.20. The molecular formula is C15H16F3N2OS+. The standard InChI is InChI=1S/C15H15F3N2OS/c1-20(8-11-6-7-22-10-11)9-14(21)19-13-4-2-12(3-5-13)15(16,17)18/h2-7,10H,8-9H2,1H3,(H,19,21)/p+1. The van der Waals surface area contributed by atoms with Crippen LogP contribution < -0.4 is 10.2 Å². The van der Waals surface area contributed by atoms with E-state index < -0.39 is 11.7 Å². The Morgan fingerprint density at radius 2 is 1.91 bits per heavy atom. The van der Waals surface area contributed by atoms with Crippen LogP contribution in [0.15, 0.2) is 41.1 Å². The summed E-state index contributed by atoms with van der Waals surface area (Å²) in [5, 5.41) is 6.61. The predicted octanol–water partition coefficient (Wildman–Crippen LogP) is 2.42. The summed E-state index contributed by atoms with van der Waals surface area (Å²) in [5.74, 6) is -0.229. The van der Waals surface area contributed by atoms with Crippen molar-refractivity contribution in [2.75, 3.05) is 18.9 Å². The lowest BCUT2D eigenvalue weighted by Gasteiger charge is -2.13. The van der Waals surface area contributed by atoms with Crippen molar-refractivity contribution in [3.05, 3.63) is 52.2 Å². The van der Waals surface area contributed by atoms with Crippen LogP contribution in [0.5, 0.6) is 0 Å². The Hall–Kier alpha value is -1.86. The Morgan fingerprint density at radius 1 is 1.23 bits per heavy atom. The number of halogens is 3. The molecule has 22 heavy (non-hydrogen) atoms. The van der Waals surface area contributed by atoms with Crippen molar-refractivity contribution >= 4 is 22.9 Å². The summed E-state index contributed by atoms with van der Waals surface area (Å²) in [5.41, 5.74) is 0.789. The molecule has 1 aromatic heterocycles. The SMILES string of the molecule is C[NH+](CC(=O)Nc1ccc(C(F)(F)F)cc1)Cc1ccsc1. The summed E-state index contributed by atoms with van der Waals surface area (Å²) in [6.07, 6.45) is -4.37. The van der Waals surface area contributed by atoms with Crippen molar-refractivity contribution in [2.24, 2.45) is 0 Å². The summed E-state index contributed by atoms with van der Waals surface area (Å²) in [7, 11) is 1.89. The average Bonchev–Trinajstić information content (AvgIpc) is 2.90. The molecule has 1 amide bonds. The highest BCUT2D eigenvalue weighted by molar-refractivity contribution is 7.07. The molecule has 2 rings (SSSR count). The van der Waals surface area contributed by atoms with E-state index in [2.05, 4.69) is 5.32 Å². The van der Waals surface area contributed by atoms with Crippen LogP contribution in [-0.4, -0.2) is 19.5 Å². The number of benzene rings is 1. The van der Waals surface area contributed by atoms with Crippen molar-refractivity contribution in [2.45, 2.75) is 12.7 Å². The quantitative estimate of drug-likeness (QED) is 0.868. The fourth-order valence-electron chi connectivity index (χ4n) is 2.03. The highest BCUT2D eigenvalue weighted by atomic mass is 32.1. The molecule has 0 aliphatic rings. The molecule has 1 aromatic carbocycles. The number of thiophene rings is 1. The van der Waals surface area contributed by atoms with Crippen molar-refractivity contribution in [3.63, 3.8) is 0 Å². The third-order valence-electron chi connectivity index (χ3n) is 3.04. The molecule has 0 fully saturated rings. The Morgan fingerprint density at radius 3 is 2.45 bits per heavy atom. The van der Waals surface area contributed by atoms with Gasteiger partial charge in [0.2, 0.25) is 0 Å². The molecule has 3 nitrogen and oxygen atoms in total. The monoisotopic (exact) mass is 329 g/mol. The summed E-state index contributed by atoms with van der Waals surface area (Å²) in [6, 6.07) is 6.43. The van der Waals surface area contributed by atoms with E-state index in [4.69, 9.17) is 0 Å². The van der Waals surface area contributed by atoms with Crippen molar-refractivity contribution < 1.29 is 22.9 Å². The zero-order valence-corrected chi connectivity index (χ0v) is 12.7. The molecule has 0 radical (unpaired) electrons. The number of nitrogens with one attached hydrogen (secondary N) is 2. The van der Waals surface area contributed by atoms with Crippen molar-refractivity contribution in [1.82, 2.24) is 0 Å². The molecule has 1 heterocycles. The summed E-state index contributed by atoms with van der Waals surface area (Å²) < 4.78 is 37.3. The molecule has 0 saturated heterocycles. The second kappa shape index (κ2) is 6.93. The number of hydrogen-bond donors (Lipinski definition) is 2. The van der Waals surface area contributed by atoms with Crippen LogP contribution in [0.25, 0.3) is 0 Å². The number of rotatable bonds is 5. The first-order valence-electron chi connectivity index (χ1n) is 6.64. The van der Waals surface area contributed by atoms with E-state index in [1.54, 1.807) is 11.3 Å². The van der Waals surface area contributed by atoms with Gasteiger partial charge in [-0.3, -0.25) is 4.79 Å². The summed E-state index contributed by atoms with van der Waals surface area (Å²) in [6.45, 7) is 0.973. The molecule has 0 aliphatic heterocycles. The number of carbonyl (C=O) groups is 1. The third kappa shape index (κ3) is 4.85. The zero-order valence-electron chi connectivity index (χ0n) is 11.9. The number of quaternary nitrogens is 1. The summed E-state index contributed by atoms with van der Waals surface area (Å²) in [4.78, 5) is 12.9. The van der Waals surface area contributed by atoms with E-state index in [0.717, 1.165) is 29.1 Å². The molecule has 7 heteroatoms. The fraction of sp³-hybridized carbons (Fsp3) is 0.267. The highest BCUT2D eigenvalue weighted by Crippen LogP contribution is 2.29. The van der Waals surface area contributed by atoms with Crippen LogP contribution in [-0.2, 0) is 17.5 Å². The molecule has 0 spiro atoms. The number of hydrogen-bond acceptors (Lipinski definition) is 2. The lowest BCUT2D eigenvalue weighted by atomic mass is 10.2. The molecular weight excluding hydrogens is 313 g/mol. The lowest BCUT2D eigenvalue weighted by Crippen LogP contribution is -3.08. The number of anilines is 1. The van der Waals surface area contributed by atoms with E-state index in [1.807, 2.05) is 23.9 Å². The van der Waals surface area contributed by atoms with E-state index in [0.29, 0.717) is 5.69 Å². The number of amides is 1. The number of likely N-dealkylation sites (N-methyl/N-ethyl adjacent to an activating group) is 1. The van der Waals surface area contributed by atoms with E-state index >= 15 is 0 Å². The van der Waals surface area contributed by atoms with Gasteiger partial charge in [-0.05, 0) is 41.1 Å². The number of carbonyl (C=O) groups excluding carboxylic acids is 1. The molecule has 118 valence electrons. The molecule has 2 aromatic rings. The van der Waals surface area contributed by atoms with Crippen molar-refractivity contribution in [3.8, 4) is 0 Å². The molecule has 0 saturated carbocycles. The van der Waals surface area contributed by atoms with Crippen molar-refractivity contribution in [1.29, 1.82) is 0 Å². The minimum atomic E-state index is -4.37. The normalized spacial score (nSPS) is 12.9. The lowest BCUT2D eigenvalue weighted by molar-refractivity contribution is -0.885. The Bertz CT molecular complexity index is 609. The van der Waals surface area contributed by atoms with Gasteiger partial charge in [0.05, 0.1) is 12.6 Å². The minimum Gasteiger partial charge on any atom is -0.326 e. The minimum absolute atomic E-state index is 0.229. The van der Waals surface area contributed by atoms with Gasteiger partial charge in [-0.15, -0.1) is 0 Å². The van der Waals surface area contributed by atoms with Gasteiger partial charge < -0.3 is 10.2 Å². The first kappa shape index (κ1) is 16.5.